The van der Waals surface area contributed by atoms with Crippen LogP contribution in [0.2, 0.25) is 0 Å². The van der Waals surface area contributed by atoms with Gasteiger partial charge >= 0.3 is 69.2 Å². The van der Waals surface area contributed by atoms with E-state index < -0.39 is 58.6 Å². The van der Waals surface area contributed by atoms with Crippen LogP contribution in [0.1, 0.15) is 18.5 Å². The monoisotopic (exact) mass is 505 g/mol. The molecule has 1 aromatic rings. The number of nitrogens with zero attached hydrogens (tertiary/aromatic N) is 3. The number of imide groups is 1. The summed E-state index contributed by atoms with van der Waals surface area (Å²) in [6.45, 7) is 1.55. The number of carbonyl (C=O) groups excluding carboxylic acids is 5. The largest absolute Gasteiger partial charge is 1.00 e. The maximum atomic E-state index is 12.8. The Morgan fingerprint density at radius 2 is 1.76 bits per heavy atom. The average Bonchev–Trinajstić information content (AvgIpc) is 2.75. The van der Waals surface area contributed by atoms with Gasteiger partial charge in [-0.2, -0.15) is 0 Å². The summed E-state index contributed by atoms with van der Waals surface area (Å²) < 4.78 is 32.9. The fraction of sp³-hybridized carbons (Fsp3) is 0.389. The summed E-state index contributed by atoms with van der Waals surface area (Å²) in [5.74, 6) is -3.83. The minimum atomic E-state index is -4.98. The zero-order valence-corrected chi connectivity index (χ0v) is 21.8. The predicted molar refractivity (Wildman–Crippen MR) is 105 cm³/mol. The van der Waals surface area contributed by atoms with E-state index in [1.807, 2.05) is 0 Å². The number of urea groups is 1. The summed E-state index contributed by atoms with van der Waals surface area (Å²) in [6, 6.07) is 4.29. The first-order chi connectivity index (χ1) is 15.0. The second-order valence-electron chi connectivity index (χ2n) is 7.02. The Morgan fingerprint density at radius 1 is 1.12 bits per heavy atom. The number of hydrogen-bond acceptors (Lipinski definition) is 8. The number of β-lactam (4-membered cyclic amide) rings is 1. The molecule has 13 nitrogen and oxygen atoms in total. The molecule has 6 amide bonds. The van der Waals surface area contributed by atoms with Gasteiger partial charge in [-0.05, 0) is 12.5 Å². The molecule has 0 aliphatic carbocycles. The molecule has 172 valence electrons. The van der Waals surface area contributed by atoms with Gasteiger partial charge in [0.1, 0.15) is 12.1 Å². The fourth-order valence-corrected chi connectivity index (χ4v) is 3.96. The van der Waals surface area contributed by atoms with Crippen LogP contribution in [0.4, 0.5) is 4.79 Å². The summed E-state index contributed by atoms with van der Waals surface area (Å²) in [6.07, 6.45) is 0. The van der Waals surface area contributed by atoms with Crippen molar-refractivity contribution in [1.82, 2.24) is 24.7 Å². The van der Waals surface area contributed by atoms with E-state index in [-0.39, 0.29) is 68.8 Å². The van der Waals surface area contributed by atoms with Crippen LogP contribution < -0.4 is 62.0 Å². The van der Waals surface area contributed by atoms with E-state index in [1.54, 1.807) is 25.1 Å². The summed E-state index contributed by atoms with van der Waals surface area (Å²) in [5, 5.41) is 4.66. The number of amides is 6. The number of nitrogens with one attached hydrogen (secondary N) is 2. The Bertz CT molecular complexity index is 1070. The van der Waals surface area contributed by atoms with E-state index in [0.29, 0.717) is 17.0 Å². The van der Waals surface area contributed by atoms with Gasteiger partial charge in [0.25, 0.3) is 5.91 Å². The molecule has 2 heterocycles. The normalized spacial score (nSPS) is 19.4. The van der Waals surface area contributed by atoms with E-state index in [1.165, 1.54) is 17.0 Å². The number of piperazine rings is 1. The van der Waals surface area contributed by atoms with Crippen molar-refractivity contribution in [1.29, 1.82) is 0 Å². The van der Waals surface area contributed by atoms with E-state index in [2.05, 4.69) is 10.6 Å². The third kappa shape index (κ3) is 5.98. The summed E-state index contributed by atoms with van der Waals surface area (Å²) in [5.41, 5.74) is 0.310. The van der Waals surface area contributed by atoms with Gasteiger partial charge < -0.3 is 20.1 Å². The van der Waals surface area contributed by atoms with Crippen molar-refractivity contribution in [2.24, 2.45) is 0 Å². The first-order valence-electron chi connectivity index (χ1n) is 9.58. The van der Waals surface area contributed by atoms with Crippen molar-refractivity contribution in [3.8, 4) is 0 Å². The molecule has 15 heteroatoms. The Hall–Kier alpha value is -1.88. The van der Waals surface area contributed by atoms with Crippen molar-refractivity contribution in [2.75, 3.05) is 26.2 Å². The fourth-order valence-electron chi connectivity index (χ4n) is 3.28. The molecule has 0 saturated carbocycles. The minimum Gasteiger partial charge on any atom is -0.731 e. The Labute approximate surface area is 232 Å². The molecule has 2 saturated heterocycles. The van der Waals surface area contributed by atoms with Crippen LogP contribution in [0.25, 0.3) is 0 Å². The van der Waals surface area contributed by atoms with Crippen LogP contribution in [-0.4, -0.2) is 89.0 Å². The second kappa shape index (κ2) is 11.0. The molecule has 0 bridgehead atoms. The third-order valence-corrected chi connectivity index (χ3v) is 5.95. The standard InChI is InChI=1S/C18H21N5O8S.K/c1-2-21-8-9-22(17(27)16(21)26)18(28)20-13(11-6-4-3-5-7-11)14(24)19-12-10-23(15(12)25)32(29,30)31;/h3-7,12-13H,2,8-10H2,1H3,(H,19,24)(H,20,28)(H,29,30,31);/q;+1/p-1/t12-,13?;/m0./s1. The first-order valence-corrected chi connectivity index (χ1v) is 10.9. The topological polar surface area (TPSA) is 176 Å². The Morgan fingerprint density at radius 3 is 2.30 bits per heavy atom. The molecule has 3 rings (SSSR count). The van der Waals surface area contributed by atoms with Gasteiger partial charge in [-0.3, -0.25) is 24.1 Å². The molecule has 0 radical (unpaired) electrons. The molecular formula is C18H20KN5O8S. The quantitative estimate of drug-likeness (QED) is 0.167. The summed E-state index contributed by atoms with van der Waals surface area (Å²) >= 11 is 0. The van der Waals surface area contributed by atoms with E-state index >= 15 is 0 Å². The molecule has 33 heavy (non-hydrogen) atoms. The molecule has 2 aliphatic rings. The molecule has 1 unspecified atom stereocenters. The average molecular weight is 506 g/mol. The van der Waals surface area contributed by atoms with Gasteiger partial charge in [-0.25, -0.2) is 17.5 Å². The number of likely N-dealkylation sites (N-methyl/N-ethyl adjacent to an activating group) is 1. The summed E-state index contributed by atoms with van der Waals surface area (Å²) in [4.78, 5) is 63.7. The van der Waals surface area contributed by atoms with Gasteiger partial charge in [0.05, 0.1) is 6.54 Å². The summed E-state index contributed by atoms with van der Waals surface area (Å²) in [7, 11) is -4.98. The van der Waals surface area contributed by atoms with Gasteiger partial charge in [-0.15, -0.1) is 0 Å². The van der Waals surface area contributed by atoms with Crippen LogP contribution in [0.5, 0.6) is 0 Å². The molecule has 0 spiro atoms. The molecule has 1 aromatic carbocycles. The number of carbonyl (C=O) groups is 5. The molecule has 2 fully saturated rings. The van der Waals surface area contributed by atoms with E-state index in [0.717, 1.165) is 0 Å². The SMILES string of the molecule is CCN1CCN(C(=O)NC(C(=O)N[C@H]2CN(S(=O)(=O)[O-])C2=O)c2ccccc2)C(=O)C1=O.[K+]. The first kappa shape index (κ1) is 27.4. The number of benzene rings is 1. The molecular weight excluding hydrogens is 485 g/mol. The van der Waals surface area contributed by atoms with Crippen molar-refractivity contribution in [3.05, 3.63) is 35.9 Å². The molecule has 0 aromatic heterocycles. The maximum absolute atomic E-state index is 12.8. The Kier molecular flexibility index (Phi) is 9.14. The third-order valence-electron chi connectivity index (χ3n) is 5.08. The van der Waals surface area contributed by atoms with Crippen LogP contribution in [0, 0.1) is 0 Å². The van der Waals surface area contributed by atoms with Crippen LogP contribution >= 0.6 is 0 Å². The number of hydrogen-bond donors (Lipinski definition) is 2. The minimum absolute atomic E-state index is 0. The van der Waals surface area contributed by atoms with Crippen molar-refractivity contribution >= 4 is 40.0 Å². The van der Waals surface area contributed by atoms with Crippen LogP contribution in [-0.2, 0) is 29.5 Å². The van der Waals surface area contributed by atoms with Crippen molar-refractivity contribution in [3.63, 3.8) is 0 Å². The second-order valence-corrected chi connectivity index (χ2v) is 8.32. The van der Waals surface area contributed by atoms with Gasteiger partial charge in [-0.1, -0.05) is 30.3 Å². The zero-order chi connectivity index (χ0) is 23.6. The van der Waals surface area contributed by atoms with Crippen molar-refractivity contribution in [2.45, 2.75) is 19.0 Å². The van der Waals surface area contributed by atoms with E-state index in [9.17, 15) is 36.9 Å². The van der Waals surface area contributed by atoms with Gasteiger partial charge in [0.15, 0.2) is 10.3 Å². The van der Waals surface area contributed by atoms with E-state index in [4.69, 9.17) is 0 Å². The smallest absolute Gasteiger partial charge is 0.731 e. The predicted octanol–water partition coefficient (Wildman–Crippen LogP) is -5.08. The van der Waals surface area contributed by atoms with Gasteiger partial charge in [0, 0.05) is 19.6 Å². The Balaban J connectivity index is 0.00000385. The van der Waals surface area contributed by atoms with Crippen molar-refractivity contribution < 1.29 is 88.3 Å². The number of rotatable bonds is 6. The maximum Gasteiger partial charge on any atom is 1.00 e. The van der Waals surface area contributed by atoms with Crippen LogP contribution in [0.15, 0.2) is 30.3 Å². The molecule has 2 aliphatic heterocycles. The zero-order valence-electron chi connectivity index (χ0n) is 17.9. The van der Waals surface area contributed by atoms with Crippen LogP contribution in [0.3, 0.4) is 0 Å². The molecule has 2 atom stereocenters. The molecule has 2 N–H and O–H groups in total. The van der Waals surface area contributed by atoms with Gasteiger partial charge in [0.2, 0.25) is 5.91 Å².